The second-order valence-electron chi connectivity index (χ2n) is 4.76. The van der Waals surface area contributed by atoms with E-state index >= 15 is 0 Å². The van der Waals surface area contributed by atoms with Gasteiger partial charge in [-0.2, -0.15) is 18.2 Å². The van der Waals surface area contributed by atoms with E-state index in [0.29, 0.717) is 5.82 Å². The summed E-state index contributed by atoms with van der Waals surface area (Å²) in [6.45, 7) is 1.84. The molecule has 0 saturated carbocycles. The summed E-state index contributed by atoms with van der Waals surface area (Å²) in [5, 5.41) is 2.63. The van der Waals surface area contributed by atoms with E-state index in [1.54, 1.807) is 11.1 Å². The van der Waals surface area contributed by atoms with Crippen molar-refractivity contribution in [2.45, 2.75) is 13.1 Å². The number of halogens is 3. The van der Waals surface area contributed by atoms with Gasteiger partial charge in [0.2, 0.25) is 5.95 Å². The molecular formula is C14H15F3N4. The first-order chi connectivity index (χ1) is 9.79. The number of hydrogen-bond donors (Lipinski definition) is 1. The molecule has 7 heteroatoms. The number of aromatic nitrogens is 2. The molecule has 2 aromatic rings. The Kier molecular flexibility index (Phi) is 4.02. The molecule has 0 spiro atoms. The van der Waals surface area contributed by atoms with E-state index in [-0.39, 0.29) is 11.6 Å². The highest BCUT2D eigenvalue weighted by Gasteiger charge is 2.33. The van der Waals surface area contributed by atoms with E-state index in [2.05, 4.69) is 15.3 Å². The minimum Gasteiger partial charge on any atom is -0.362 e. The fourth-order valence-corrected chi connectivity index (χ4v) is 1.91. The van der Waals surface area contributed by atoms with E-state index in [1.807, 2.05) is 21.0 Å². The van der Waals surface area contributed by atoms with Crippen LogP contribution in [-0.4, -0.2) is 24.1 Å². The maximum atomic E-state index is 12.9. The largest absolute Gasteiger partial charge is 0.418 e. The van der Waals surface area contributed by atoms with Crippen molar-refractivity contribution in [3.8, 4) is 0 Å². The lowest BCUT2D eigenvalue weighted by atomic mass is 10.1. The monoisotopic (exact) mass is 296 g/mol. The first-order valence-electron chi connectivity index (χ1n) is 6.23. The molecule has 0 aliphatic heterocycles. The number of rotatable bonds is 3. The highest BCUT2D eigenvalue weighted by atomic mass is 19.4. The van der Waals surface area contributed by atoms with E-state index in [9.17, 15) is 13.2 Å². The molecular weight excluding hydrogens is 281 g/mol. The summed E-state index contributed by atoms with van der Waals surface area (Å²) in [4.78, 5) is 10.0. The van der Waals surface area contributed by atoms with Crippen LogP contribution in [0.3, 0.4) is 0 Å². The fraction of sp³-hybridized carbons (Fsp3) is 0.286. The Morgan fingerprint density at radius 1 is 1.14 bits per heavy atom. The number of aryl methyl sites for hydroxylation is 1. The van der Waals surface area contributed by atoms with Gasteiger partial charge in [-0.05, 0) is 19.1 Å². The molecule has 0 amide bonds. The number of para-hydroxylation sites is 1. The Bertz CT molecular complexity index is 638. The summed E-state index contributed by atoms with van der Waals surface area (Å²) in [6.07, 6.45) is -2.86. The van der Waals surface area contributed by atoms with E-state index in [0.717, 1.165) is 11.6 Å². The molecule has 0 radical (unpaired) electrons. The van der Waals surface area contributed by atoms with E-state index in [1.165, 1.54) is 18.2 Å². The zero-order valence-corrected chi connectivity index (χ0v) is 11.9. The van der Waals surface area contributed by atoms with Crippen LogP contribution in [0.2, 0.25) is 0 Å². The Balaban J connectivity index is 2.38. The summed E-state index contributed by atoms with van der Waals surface area (Å²) < 4.78 is 38.8. The van der Waals surface area contributed by atoms with Crippen LogP contribution in [0.15, 0.2) is 30.5 Å². The molecule has 0 aliphatic carbocycles. The maximum absolute atomic E-state index is 12.9. The molecule has 1 N–H and O–H groups in total. The van der Waals surface area contributed by atoms with Crippen molar-refractivity contribution in [3.05, 3.63) is 41.6 Å². The first-order valence-corrected chi connectivity index (χ1v) is 6.23. The van der Waals surface area contributed by atoms with Gasteiger partial charge in [0, 0.05) is 25.9 Å². The third-order valence-electron chi connectivity index (χ3n) is 2.85. The van der Waals surface area contributed by atoms with Crippen molar-refractivity contribution < 1.29 is 13.2 Å². The minimum absolute atomic E-state index is 0.0708. The third-order valence-corrected chi connectivity index (χ3v) is 2.85. The molecule has 2 rings (SSSR count). The van der Waals surface area contributed by atoms with Gasteiger partial charge < -0.3 is 10.2 Å². The van der Waals surface area contributed by atoms with Gasteiger partial charge in [-0.25, -0.2) is 4.98 Å². The highest BCUT2D eigenvalue weighted by Crippen LogP contribution is 2.35. The van der Waals surface area contributed by atoms with Crippen molar-refractivity contribution in [1.29, 1.82) is 0 Å². The number of nitrogens with zero attached hydrogens (tertiary/aromatic N) is 3. The van der Waals surface area contributed by atoms with Gasteiger partial charge >= 0.3 is 6.18 Å². The lowest BCUT2D eigenvalue weighted by Gasteiger charge is -2.17. The van der Waals surface area contributed by atoms with Gasteiger partial charge in [0.1, 0.15) is 5.82 Å². The van der Waals surface area contributed by atoms with E-state index in [4.69, 9.17) is 0 Å². The summed E-state index contributed by atoms with van der Waals surface area (Å²) in [5.74, 6) is 0.776. The number of hydrogen-bond acceptors (Lipinski definition) is 4. The second-order valence-corrected chi connectivity index (χ2v) is 4.76. The number of alkyl halides is 3. The number of anilines is 3. The van der Waals surface area contributed by atoms with Crippen molar-refractivity contribution in [1.82, 2.24) is 9.97 Å². The predicted molar refractivity (Wildman–Crippen MR) is 75.8 cm³/mol. The van der Waals surface area contributed by atoms with Gasteiger partial charge in [-0.3, -0.25) is 0 Å². The van der Waals surface area contributed by atoms with Crippen LogP contribution in [0.25, 0.3) is 0 Å². The molecule has 0 saturated heterocycles. The normalized spacial score (nSPS) is 11.3. The lowest BCUT2D eigenvalue weighted by molar-refractivity contribution is -0.136. The van der Waals surface area contributed by atoms with E-state index < -0.39 is 11.7 Å². The lowest BCUT2D eigenvalue weighted by Crippen LogP contribution is -2.14. The summed E-state index contributed by atoms with van der Waals surface area (Å²) in [6, 6.07) is 5.23. The number of nitrogens with one attached hydrogen (secondary N) is 1. The SMILES string of the molecule is Cc1cnc(Nc2ccccc2C(F)(F)F)nc1N(C)C. The topological polar surface area (TPSA) is 41.1 Å². The highest BCUT2D eigenvalue weighted by molar-refractivity contribution is 5.61. The van der Waals surface area contributed by atoms with Gasteiger partial charge in [0.15, 0.2) is 0 Å². The second kappa shape index (κ2) is 5.59. The molecule has 0 unspecified atom stereocenters. The smallest absolute Gasteiger partial charge is 0.362 e. The van der Waals surface area contributed by atoms with Gasteiger partial charge in [0.25, 0.3) is 0 Å². The van der Waals surface area contributed by atoms with Crippen LogP contribution in [0.1, 0.15) is 11.1 Å². The fourth-order valence-electron chi connectivity index (χ4n) is 1.91. The van der Waals surface area contributed by atoms with Gasteiger partial charge in [0.05, 0.1) is 11.3 Å². The Morgan fingerprint density at radius 3 is 2.43 bits per heavy atom. The molecule has 1 aromatic heterocycles. The van der Waals surface area contributed by atoms with Crippen molar-refractivity contribution in [3.63, 3.8) is 0 Å². The van der Waals surface area contributed by atoms with Crippen LogP contribution < -0.4 is 10.2 Å². The standard InChI is InChI=1S/C14H15F3N4/c1-9-8-18-13(20-12(9)21(2)3)19-11-7-5-4-6-10(11)14(15,16)17/h4-8H,1-3H3,(H,18,19,20). The van der Waals surface area contributed by atoms with Crippen LogP contribution in [0.5, 0.6) is 0 Å². The molecule has 1 heterocycles. The van der Waals surface area contributed by atoms with Crippen molar-refractivity contribution in [2.75, 3.05) is 24.3 Å². The molecule has 21 heavy (non-hydrogen) atoms. The zero-order chi connectivity index (χ0) is 15.6. The Morgan fingerprint density at radius 2 is 1.81 bits per heavy atom. The quantitative estimate of drug-likeness (QED) is 0.939. The predicted octanol–water partition coefficient (Wildman–Crippen LogP) is 3.61. The first kappa shape index (κ1) is 15.1. The molecule has 112 valence electrons. The van der Waals surface area contributed by atoms with Crippen LogP contribution >= 0.6 is 0 Å². The average Bonchev–Trinajstić information content (AvgIpc) is 2.40. The molecule has 4 nitrogen and oxygen atoms in total. The maximum Gasteiger partial charge on any atom is 0.418 e. The van der Waals surface area contributed by atoms with Gasteiger partial charge in [-0.1, -0.05) is 12.1 Å². The molecule has 0 fully saturated rings. The minimum atomic E-state index is -4.43. The number of benzene rings is 1. The Labute approximate surface area is 120 Å². The van der Waals surface area contributed by atoms with Crippen molar-refractivity contribution in [2.24, 2.45) is 0 Å². The summed E-state index contributed by atoms with van der Waals surface area (Å²) in [5.41, 5.74) is 0.0220. The molecule has 0 atom stereocenters. The third kappa shape index (κ3) is 3.42. The molecule has 0 aliphatic rings. The average molecular weight is 296 g/mol. The van der Waals surface area contributed by atoms with Crippen LogP contribution in [0, 0.1) is 6.92 Å². The van der Waals surface area contributed by atoms with Crippen molar-refractivity contribution >= 4 is 17.5 Å². The Hall–Kier alpha value is -2.31. The van der Waals surface area contributed by atoms with Gasteiger partial charge in [-0.15, -0.1) is 0 Å². The van der Waals surface area contributed by atoms with Crippen LogP contribution in [-0.2, 0) is 6.18 Å². The van der Waals surface area contributed by atoms with Crippen LogP contribution in [0.4, 0.5) is 30.6 Å². The summed E-state index contributed by atoms with van der Waals surface area (Å²) in [7, 11) is 3.62. The molecule has 0 bridgehead atoms. The zero-order valence-electron chi connectivity index (χ0n) is 11.9. The molecule has 1 aromatic carbocycles. The summed E-state index contributed by atoms with van der Waals surface area (Å²) >= 11 is 0.